The van der Waals surface area contributed by atoms with Gasteiger partial charge in [0.2, 0.25) is 0 Å². The van der Waals surface area contributed by atoms with Crippen molar-refractivity contribution in [2.75, 3.05) is 6.54 Å². The number of nitrogens with zero attached hydrogens (tertiary/aromatic N) is 1. The second-order valence-corrected chi connectivity index (χ2v) is 3.18. The summed E-state index contributed by atoms with van der Waals surface area (Å²) < 4.78 is 0. The average molecular weight is 127 g/mol. The Morgan fingerprint density at radius 2 is 2.22 bits per heavy atom. The minimum Gasteiger partial charge on any atom is -0.298 e. The Bertz CT molecular complexity index is 86.6. The molecular weight excluding hydrogens is 110 g/mol. The molecule has 1 saturated heterocycles. The quantitative estimate of drug-likeness (QED) is 0.547. The summed E-state index contributed by atoms with van der Waals surface area (Å²) in [5.41, 5.74) is 0. The third kappa shape index (κ3) is 1.26. The molecule has 0 bridgehead atoms. The summed E-state index contributed by atoms with van der Waals surface area (Å²) in [4.78, 5) is 2.57. The first kappa shape index (κ1) is 7.07. The fraction of sp³-hybridized carbons (Fsp3) is 1.00. The molecule has 0 aromatic rings. The van der Waals surface area contributed by atoms with Crippen molar-refractivity contribution in [3.05, 3.63) is 0 Å². The lowest BCUT2D eigenvalue weighted by atomic mass is 9.98. The first-order valence-corrected chi connectivity index (χ1v) is 4.01. The van der Waals surface area contributed by atoms with E-state index in [-0.39, 0.29) is 0 Å². The second kappa shape index (κ2) is 2.70. The number of hydrogen-bond acceptors (Lipinski definition) is 1. The molecular formula is C8H17N. The second-order valence-electron chi connectivity index (χ2n) is 3.18. The van der Waals surface area contributed by atoms with Crippen molar-refractivity contribution < 1.29 is 0 Å². The van der Waals surface area contributed by atoms with E-state index in [0.29, 0.717) is 0 Å². The molecule has 0 saturated carbocycles. The molecule has 1 atom stereocenters. The van der Waals surface area contributed by atoms with Gasteiger partial charge in [-0.3, -0.25) is 4.90 Å². The zero-order valence-corrected chi connectivity index (χ0v) is 6.72. The van der Waals surface area contributed by atoms with Crippen LogP contribution in [0.5, 0.6) is 0 Å². The zero-order valence-electron chi connectivity index (χ0n) is 6.72. The Hall–Kier alpha value is -0.0400. The molecule has 1 heteroatoms. The molecule has 1 aliphatic heterocycles. The summed E-state index contributed by atoms with van der Waals surface area (Å²) in [6.07, 6.45) is 2.76. The average Bonchev–Trinajstić information content (AvgIpc) is 1.61. The van der Waals surface area contributed by atoms with Gasteiger partial charge in [-0.15, -0.1) is 0 Å². The maximum absolute atomic E-state index is 2.57. The molecule has 1 fully saturated rings. The van der Waals surface area contributed by atoms with Crippen molar-refractivity contribution in [3.8, 4) is 0 Å². The highest BCUT2D eigenvalue weighted by atomic mass is 15.2. The van der Waals surface area contributed by atoms with E-state index >= 15 is 0 Å². The molecule has 0 aliphatic carbocycles. The van der Waals surface area contributed by atoms with Crippen LogP contribution in [0.25, 0.3) is 0 Å². The summed E-state index contributed by atoms with van der Waals surface area (Å²) in [6.45, 7) is 8.17. The summed E-state index contributed by atoms with van der Waals surface area (Å²) in [7, 11) is 0. The normalized spacial score (nSPS) is 28.7. The van der Waals surface area contributed by atoms with E-state index < -0.39 is 0 Å². The minimum absolute atomic E-state index is 0.767. The van der Waals surface area contributed by atoms with E-state index in [2.05, 4.69) is 25.7 Å². The monoisotopic (exact) mass is 127 g/mol. The van der Waals surface area contributed by atoms with Gasteiger partial charge in [-0.05, 0) is 26.7 Å². The van der Waals surface area contributed by atoms with Gasteiger partial charge in [0.1, 0.15) is 0 Å². The lowest BCUT2D eigenvalue weighted by Crippen LogP contribution is -2.50. The van der Waals surface area contributed by atoms with Crippen LogP contribution in [0.4, 0.5) is 0 Å². The van der Waals surface area contributed by atoms with Crippen LogP contribution < -0.4 is 0 Å². The summed E-state index contributed by atoms with van der Waals surface area (Å²) in [5.74, 6) is 0. The SMILES string of the molecule is CC[C@@H]1CCN1C(C)C. The van der Waals surface area contributed by atoms with Crippen molar-refractivity contribution in [2.24, 2.45) is 0 Å². The van der Waals surface area contributed by atoms with E-state index in [1.165, 1.54) is 19.4 Å². The minimum atomic E-state index is 0.767. The third-order valence-electron chi connectivity index (χ3n) is 2.32. The maximum Gasteiger partial charge on any atom is 0.0107 e. The van der Waals surface area contributed by atoms with Gasteiger partial charge in [0, 0.05) is 18.6 Å². The van der Waals surface area contributed by atoms with E-state index in [1.54, 1.807) is 0 Å². The molecule has 0 unspecified atom stereocenters. The van der Waals surface area contributed by atoms with E-state index in [0.717, 1.165) is 12.1 Å². The molecule has 1 rings (SSSR count). The largest absolute Gasteiger partial charge is 0.298 e. The van der Waals surface area contributed by atoms with Gasteiger partial charge in [-0.2, -0.15) is 0 Å². The molecule has 54 valence electrons. The van der Waals surface area contributed by atoms with Gasteiger partial charge in [0.15, 0.2) is 0 Å². The first-order valence-electron chi connectivity index (χ1n) is 4.01. The molecule has 0 spiro atoms. The Morgan fingerprint density at radius 3 is 2.33 bits per heavy atom. The fourth-order valence-corrected chi connectivity index (χ4v) is 1.58. The molecule has 9 heavy (non-hydrogen) atoms. The van der Waals surface area contributed by atoms with Gasteiger partial charge in [0.25, 0.3) is 0 Å². The first-order chi connectivity index (χ1) is 4.25. The van der Waals surface area contributed by atoms with Gasteiger partial charge in [0.05, 0.1) is 0 Å². The van der Waals surface area contributed by atoms with Crippen LogP contribution in [-0.4, -0.2) is 23.5 Å². The van der Waals surface area contributed by atoms with Crippen LogP contribution in [0.1, 0.15) is 33.6 Å². The lowest BCUT2D eigenvalue weighted by molar-refractivity contribution is 0.0542. The van der Waals surface area contributed by atoms with Crippen LogP contribution in [0.3, 0.4) is 0 Å². The summed E-state index contributed by atoms with van der Waals surface area (Å²) in [6, 6.07) is 1.67. The van der Waals surface area contributed by atoms with Crippen molar-refractivity contribution in [2.45, 2.75) is 45.7 Å². The van der Waals surface area contributed by atoms with E-state index in [1.807, 2.05) is 0 Å². The van der Waals surface area contributed by atoms with Gasteiger partial charge < -0.3 is 0 Å². The van der Waals surface area contributed by atoms with Gasteiger partial charge in [-0.25, -0.2) is 0 Å². The molecule has 0 amide bonds. The highest BCUT2D eigenvalue weighted by Gasteiger charge is 2.27. The van der Waals surface area contributed by atoms with E-state index in [9.17, 15) is 0 Å². The predicted octanol–water partition coefficient (Wildman–Crippen LogP) is 1.88. The van der Waals surface area contributed by atoms with E-state index in [4.69, 9.17) is 0 Å². The molecule has 0 radical (unpaired) electrons. The van der Waals surface area contributed by atoms with Crippen LogP contribution >= 0.6 is 0 Å². The van der Waals surface area contributed by atoms with Crippen molar-refractivity contribution >= 4 is 0 Å². The third-order valence-corrected chi connectivity index (χ3v) is 2.32. The fourth-order valence-electron chi connectivity index (χ4n) is 1.58. The maximum atomic E-state index is 2.57. The van der Waals surface area contributed by atoms with Crippen LogP contribution in [0.2, 0.25) is 0 Å². The van der Waals surface area contributed by atoms with Crippen molar-refractivity contribution in [3.63, 3.8) is 0 Å². The highest BCUT2D eigenvalue weighted by molar-refractivity contribution is 4.83. The molecule has 1 nitrogen and oxygen atoms in total. The summed E-state index contributed by atoms with van der Waals surface area (Å²) >= 11 is 0. The molecule has 1 heterocycles. The Labute approximate surface area is 58.0 Å². The molecule has 0 aromatic heterocycles. The Kier molecular flexibility index (Phi) is 2.12. The zero-order chi connectivity index (χ0) is 6.85. The van der Waals surface area contributed by atoms with Gasteiger partial charge >= 0.3 is 0 Å². The molecule has 0 N–H and O–H groups in total. The van der Waals surface area contributed by atoms with Crippen LogP contribution in [-0.2, 0) is 0 Å². The molecule has 0 aromatic carbocycles. The topological polar surface area (TPSA) is 3.24 Å². The Balaban J connectivity index is 2.27. The summed E-state index contributed by atoms with van der Waals surface area (Å²) in [5, 5.41) is 0. The van der Waals surface area contributed by atoms with Crippen molar-refractivity contribution in [1.29, 1.82) is 0 Å². The number of rotatable bonds is 2. The lowest BCUT2D eigenvalue weighted by Gasteiger charge is -2.43. The predicted molar refractivity (Wildman–Crippen MR) is 40.5 cm³/mol. The smallest absolute Gasteiger partial charge is 0.0107 e. The Morgan fingerprint density at radius 1 is 1.56 bits per heavy atom. The van der Waals surface area contributed by atoms with Gasteiger partial charge in [-0.1, -0.05) is 6.92 Å². The van der Waals surface area contributed by atoms with Crippen LogP contribution in [0.15, 0.2) is 0 Å². The van der Waals surface area contributed by atoms with Crippen molar-refractivity contribution in [1.82, 2.24) is 4.90 Å². The highest BCUT2D eigenvalue weighted by Crippen LogP contribution is 2.22. The standard InChI is InChI=1S/C8H17N/c1-4-8-5-6-9(8)7(2)3/h7-8H,4-6H2,1-3H3/t8-/m1/s1. The number of hydrogen-bond donors (Lipinski definition) is 0. The molecule has 1 aliphatic rings. The number of likely N-dealkylation sites (tertiary alicyclic amines) is 1. The van der Waals surface area contributed by atoms with Crippen LogP contribution in [0, 0.1) is 0 Å².